The third-order valence-corrected chi connectivity index (χ3v) is 2.97. The Balaban J connectivity index is 2.75. The maximum absolute atomic E-state index is 11.3. The molecular weight excluding hydrogens is 262 g/mol. The quantitative estimate of drug-likeness (QED) is 0.789. The summed E-state index contributed by atoms with van der Waals surface area (Å²) in [7, 11) is 1.82. The second-order valence-electron chi connectivity index (χ2n) is 5.24. The number of imidazole rings is 1. The van der Waals surface area contributed by atoms with Crippen molar-refractivity contribution in [2.75, 3.05) is 6.54 Å². The predicted molar refractivity (Wildman–Crippen MR) is 72.5 cm³/mol. The van der Waals surface area contributed by atoms with Crippen LogP contribution < -0.4 is 0 Å². The van der Waals surface area contributed by atoms with Crippen LogP contribution in [-0.2, 0) is 18.3 Å². The van der Waals surface area contributed by atoms with E-state index in [2.05, 4.69) is 4.98 Å². The number of nitrogens with zero attached hydrogens (tertiary/aromatic N) is 3. The standard InChI is InChI=1S/C13H21N3O4/c1-9(2)6-11(12(17)18)16(13(19)20)5-4-10-7-15(3)8-14-10/h7-9,11H,4-6H2,1-3H3,(H,17,18)(H,19,20). The van der Waals surface area contributed by atoms with Crippen molar-refractivity contribution in [1.29, 1.82) is 0 Å². The van der Waals surface area contributed by atoms with Gasteiger partial charge in [-0.15, -0.1) is 0 Å². The molecule has 0 aliphatic rings. The van der Waals surface area contributed by atoms with E-state index in [0.717, 1.165) is 10.6 Å². The fourth-order valence-corrected chi connectivity index (χ4v) is 2.02. The molecule has 0 fully saturated rings. The van der Waals surface area contributed by atoms with E-state index in [4.69, 9.17) is 0 Å². The lowest BCUT2D eigenvalue weighted by Gasteiger charge is -2.27. The highest BCUT2D eigenvalue weighted by Gasteiger charge is 2.29. The number of rotatable bonds is 7. The molecule has 1 rings (SSSR count). The van der Waals surface area contributed by atoms with Gasteiger partial charge in [-0.2, -0.15) is 0 Å². The minimum atomic E-state index is -1.21. The summed E-state index contributed by atoms with van der Waals surface area (Å²) < 4.78 is 1.77. The first kappa shape index (κ1) is 16.0. The lowest BCUT2D eigenvalue weighted by atomic mass is 10.0. The topological polar surface area (TPSA) is 95.7 Å². The summed E-state index contributed by atoms with van der Waals surface area (Å²) in [5, 5.41) is 18.4. The minimum Gasteiger partial charge on any atom is -0.480 e. The highest BCUT2D eigenvalue weighted by Crippen LogP contribution is 2.13. The van der Waals surface area contributed by atoms with Crippen molar-refractivity contribution >= 4 is 12.1 Å². The number of carbonyl (C=O) groups is 2. The Bertz CT molecular complexity index is 470. The summed E-state index contributed by atoms with van der Waals surface area (Å²) in [6, 6.07) is -1.02. The van der Waals surface area contributed by atoms with Crippen LogP contribution in [0.15, 0.2) is 12.5 Å². The van der Waals surface area contributed by atoms with Crippen LogP contribution in [0.1, 0.15) is 26.0 Å². The normalized spacial score (nSPS) is 12.4. The van der Waals surface area contributed by atoms with Gasteiger partial charge >= 0.3 is 12.1 Å². The summed E-state index contributed by atoms with van der Waals surface area (Å²) in [5.41, 5.74) is 0.743. The van der Waals surface area contributed by atoms with Gasteiger partial charge in [0.05, 0.1) is 12.0 Å². The Kier molecular flexibility index (Phi) is 5.54. The van der Waals surface area contributed by atoms with Gasteiger partial charge in [0.15, 0.2) is 0 Å². The molecule has 0 aliphatic heterocycles. The molecule has 20 heavy (non-hydrogen) atoms. The zero-order valence-corrected chi connectivity index (χ0v) is 12.0. The zero-order valence-electron chi connectivity index (χ0n) is 12.0. The van der Waals surface area contributed by atoms with Gasteiger partial charge in [-0.3, -0.25) is 4.90 Å². The molecule has 0 spiro atoms. The molecular formula is C13H21N3O4. The van der Waals surface area contributed by atoms with Gasteiger partial charge in [0, 0.05) is 26.2 Å². The molecule has 7 nitrogen and oxygen atoms in total. The van der Waals surface area contributed by atoms with Crippen LogP contribution in [0, 0.1) is 5.92 Å². The molecule has 1 heterocycles. The maximum Gasteiger partial charge on any atom is 0.408 e. The molecule has 1 aromatic rings. The van der Waals surface area contributed by atoms with Gasteiger partial charge in [-0.25, -0.2) is 14.6 Å². The number of hydrogen-bond donors (Lipinski definition) is 2. The Morgan fingerprint density at radius 3 is 2.45 bits per heavy atom. The third-order valence-electron chi connectivity index (χ3n) is 2.97. The molecule has 1 unspecified atom stereocenters. The van der Waals surface area contributed by atoms with Gasteiger partial charge in [0.1, 0.15) is 6.04 Å². The summed E-state index contributed by atoms with van der Waals surface area (Å²) in [4.78, 5) is 27.7. The van der Waals surface area contributed by atoms with Gasteiger partial charge in [-0.05, 0) is 12.3 Å². The molecule has 0 bridgehead atoms. The Hall–Kier alpha value is -2.05. The second-order valence-corrected chi connectivity index (χ2v) is 5.24. The monoisotopic (exact) mass is 283 g/mol. The van der Waals surface area contributed by atoms with Crippen molar-refractivity contribution < 1.29 is 19.8 Å². The fraction of sp³-hybridized carbons (Fsp3) is 0.615. The minimum absolute atomic E-state index is 0.104. The van der Waals surface area contributed by atoms with Gasteiger partial charge < -0.3 is 14.8 Å². The third kappa shape index (κ3) is 4.56. The van der Waals surface area contributed by atoms with Crippen molar-refractivity contribution in [3.63, 3.8) is 0 Å². The van der Waals surface area contributed by atoms with Crippen LogP contribution in [0.4, 0.5) is 4.79 Å². The van der Waals surface area contributed by atoms with Crippen molar-refractivity contribution in [2.45, 2.75) is 32.7 Å². The second kappa shape index (κ2) is 6.93. The molecule has 0 saturated heterocycles. The highest BCUT2D eigenvalue weighted by molar-refractivity contribution is 5.79. The molecule has 0 saturated carbocycles. The van der Waals surface area contributed by atoms with Crippen LogP contribution in [0.5, 0.6) is 0 Å². The summed E-state index contributed by atoms with van der Waals surface area (Å²) in [6.45, 7) is 3.86. The van der Waals surface area contributed by atoms with E-state index >= 15 is 0 Å². The number of carboxylic acid groups (broad SMARTS) is 2. The first-order valence-electron chi connectivity index (χ1n) is 6.50. The number of carboxylic acids is 1. The molecule has 2 N–H and O–H groups in total. The molecule has 0 radical (unpaired) electrons. The molecule has 7 heteroatoms. The van der Waals surface area contributed by atoms with Crippen LogP contribution >= 0.6 is 0 Å². The van der Waals surface area contributed by atoms with Crippen LogP contribution in [0.2, 0.25) is 0 Å². The molecule has 1 atom stereocenters. The van der Waals surface area contributed by atoms with E-state index < -0.39 is 18.1 Å². The molecule has 1 aromatic heterocycles. The SMILES string of the molecule is CC(C)CC(C(=O)O)N(CCc1cn(C)cn1)C(=O)O. The molecule has 112 valence electrons. The number of hydrogen-bond acceptors (Lipinski definition) is 3. The van der Waals surface area contributed by atoms with Gasteiger partial charge in [-0.1, -0.05) is 13.8 Å². The molecule has 1 amide bonds. The fourth-order valence-electron chi connectivity index (χ4n) is 2.02. The van der Waals surface area contributed by atoms with Crippen molar-refractivity contribution in [3.8, 4) is 0 Å². The first-order chi connectivity index (χ1) is 9.31. The average Bonchev–Trinajstić information content (AvgIpc) is 2.72. The summed E-state index contributed by atoms with van der Waals surface area (Å²) >= 11 is 0. The van der Waals surface area contributed by atoms with E-state index in [1.165, 1.54) is 0 Å². The number of amides is 1. The zero-order chi connectivity index (χ0) is 15.3. The number of aromatic nitrogens is 2. The molecule has 0 aliphatic carbocycles. The van der Waals surface area contributed by atoms with Crippen LogP contribution in [0.25, 0.3) is 0 Å². The average molecular weight is 283 g/mol. The van der Waals surface area contributed by atoms with Gasteiger partial charge in [0.25, 0.3) is 0 Å². The van der Waals surface area contributed by atoms with Crippen LogP contribution in [0.3, 0.4) is 0 Å². The summed E-state index contributed by atoms with van der Waals surface area (Å²) in [5.74, 6) is -1.00. The van der Waals surface area contributed by atoms with Crippen molar-refractivity contribution in [3.05, 3.63) is 18.2 Å². The number of aliphatic carboxylic acids is 1. The maximum atomic E-state index is 11.3. The first-order valence-corrected chi connectivity index (χ1v) is 6.50. The Labute approximate surface area is 117 Å². The van der Waals surface area contributed by atoms with Crippen LogP contribution in [-0.4, -0.2) is 49.3 Å². The van der Waals surface area contributed by atoms with E-state index in [9.17, 15) is 19.8 Å². The van der Waals surface area contributed by atoms with Gasteiger partial charge in [0.2, 0.25) is 0 Å². The van der Waals surface area contributed by atoms with Crippen molar-refractivity contribution in [1.82, 2.24) is 14.5 Å². The van der Waals surface area contributed by atoms with E-state index in [-0.39, 0.29) is 12.5 Å². The molecule has 0 aromatic carbocycles. The Morgan fingerprint density at radius 1 is 1.40 bits per heavy atom. The highest BCUT2D eigenvalue weighted by atomic mass is 16.4. The largest absolute Gasteiger partial charge is 0.480 e. The van der Waals surface area contributed by atoms with E-state index in [1.54, 1.807) is 17.1 Å². The predicted octanol–water partition coefficient (Wildman–Crippen LogP) is 1.44. The van der Waals surface area contributed by atoms with E-state index in [0.29, 0.717) is 12.8 Å². The lowest BCUT2D eigenvalue weighted by Crippen LogP contribution is -2.46. The van der Waals surface area contributed by atoms with E-state index in [1.807, 2.05) is 20.9 Å². The lowest BCUT2D eigenvalue weighted by molar-refractivity contribution is -0.143. The summed E-state index contributed by atoms with van der Waals surface area (Å²) in [6.07, 6.45) is 2.90. The van der Waals surface area contributed by atoms with Crippen molar-refractivity contribution in [2.24, 2.45) is 13.0 Å². The Morgan fingerprint density at radius 2 is 2.05 bits per heavy atom. The number of aryl methyl sites for hydroxylation is 1. The smallest absolute Gasteiger partial charge is 0.408 e.